The van der Waals surface area contributed by atoms with Crippen LogP contribution in [0.3, 0.4) is 0 Å². The highest BCUT2D eigenvalue weighted by Gasteiger charge is 2.31. The summed E-state index contributed by atoms with van der Waals surface area (Å²) in [5.41, 5.74) is 0. The molecule has 1 aliphatic rings. The Morgan fingerprint density at radius 2 is 2.42 bits per heavy atom. The zero-order chi connectivity index (χ0) is 9.14. The number of likely N-dealkylation sites (tertiary alicyclic amines) is 1. The summed E-state index contributed by atoms with van der Waals surface area (Å²) in [6.07, 6.45) is -1.80. The van der Waals surface area contributed by atoms with Gasteiger partial charge in [-0.15, -0.1) is 0 Å². The van der Waals surface area contributed by atoms with Crippen LogP contribution in [0.2, 0.25) is 0 Å². The molecule has 1 heterocycles. The SMILES string of the molecule is CNC1CCN(CC(F)F)C1=O. The summed E-state index contributed by atoms with van der Waals surface area (Å²) in [5.74, 6) is -0.210. The lowest BCUT2D eigenvalue weighted by Gasteiger charge is -2.15. The number of amides is 1. The highest BCUT2D eigenvalue weighted by Crippen LogP contribution is 2.12. The Morgan fingerprint density at radius 3 is 2.83 bits per heavy atom. The number of rotatable bonds is 3. The van der Waals surface area contributed by atoms with Gasteiger partial charge < -0.3 is 10.2 Å². The quantitative estimate of drug-likeness (QED) is 0.663. The molecular formula is C7H12F2N2O. The number of alkyl halides is 2. The van der Waals surface area contributed by atoms with Crippen molar-refractivity contribution in [2.75, 3.05) is 20.1 Å². The van der Waals surface area contributed by atoms with Gasteiger partial charge in [-0.2, -0.15) is 0 Å². The van der Waals surface area contributed by atoms with Crippen LogP contribution in [-0.4, -0.2) is 43.4 Å². The van der Waals surface area contributed by atoms with Crippen LogP contribution < -0.4 is 5.32 Å². The Labute approximate surface area is 69.7 Å². The first kappa shape index (κ1) is 9.38. The van der Waals surface area contributed by atoms with E-state index < -0.39 is 13.0 Å². The zero-order valence-electron chi connectivity index (χ0n) is 6.89. The maximum Gasteiger partial charge on any atom is 0.255 e. The summed E-state index contributed by atoms with van der Waals surface area (Å²) in [4.78, 5) is 12.4. The van der Waals surface area contributed by atoms with Crippen LogP contribution in [0.4, 0.5) is 8.78 Å². The van der Waals surface area contributed by atoms with E-state index in [1.165, 1.54) is 4.90 Å². The maximum absolute atomic E-state index is 11.9. The van der Waals surface area contributed by atoms with Gasteiger partial charge >= 0.3 is 0 Å². The lowest BCUT2D eigenvalue weighted by atomic mass is 10.3. The summed E-state index contributed by atoms with van der Waals surface area (Å²) >= 11 is 0. The van der Waals surface area contributed by atoms with Crippen LogP contribution in [0, 0.1) is 0 Å². The third kappa shape index (κ3) is 1.91. The predicted molar refractivity (Wildman–Crippen MR) is 40.0 cm³/mol. The number of hydrogen-bond donors (Lipinski definition) is 1. The Morgan fingerprint density at radius 1 is 1.75 bits per heavy atom. The molecule has 70 valence electrons. The summed E-state index contributed by atoms with van der Waals surface area (Å²) in [6, 6.07) is -0.260. The number of likely N-dealkylation sites (N-methyl/N-ethyl adjacent to an activating group) is 1. The van der Waals surface area contributed by atoms with Crippen molar-refractivity contribution in [1.82, 2.24) is 10.2 Å². The highest BCUT2D eigenvalue weighted by atomic mass is 19.3. The third-order valence-corrected chi connectivity index (χ3v) is 2.00. The Hall–Kier alpha value is -0.710. The first-order valence-corrected chi connectivity index (χ1v) is 3.89. The average Bonchev–Trinajstić information content (AvgIpc) is 2.32. The molecule has 0 saturated carbocycles. The molecule has 0 aromatic rings. The lowest BCUT2D eigenvalue weighted by molar-refractivity contribution is -0.130. The topological polar surface area (TPSA) is 32.3 Å². The molecule has 12 heavy (non-hydrogen) atoms. The molecular weight excluding hydrogens is 166 g/mol. The van der Waals surface area contributed by atoms with Gasteiger partial charge in [0.15, 0.2) is 0 Å². The molecule has 0 aliphatic carbocycles. The second kappa shape index (κ2) is 3.80. The zero-order valence-corrected chi connectivity index (χ0v) is 6.89. The Kier molecular flexibility index (Phi) is 2.97. The van der Waals surface area contributed by atoms with Gasteiger partial charge in [0, 0.05) is 6.54 Å². The molecule has 0 aromatic heterocycles. The van der Waals surface area contributed by atoms with Gasteiger partial charge in [-0.1, -0.05) is 0 Å². The van der Waals surface area contributed by atoms with Gasteiger partial charge in [0.1, 0.15) is 0 Å². The summed E-state index contributed by atoms with van der Waals surface area (Å²) < 4.78 is 23.8. The van der Waals surface area contributed by atoms with E-state index in [0.29, 0.717) is 13.0 Å². The maximum atomic E-state index is 11.9. The van der Waals surface area contributed by atoms with Crippen LogP contribution in [0.25, 0.3) is 0 Å². The number of carbonyl (C=O) groups is 1. The molecule has 1 fully saturated rings. The third-order valence-electron chi connectivity index (χ3n) is 2.00. The van der Waals surface area contributed by atoms with Gasteiger partial charge in [-0.3, -0.25) is 4.79 Å². The molecule has 1 amide bonds. The van der Waals surface area contributed by atoms with E-state index >= 15 is 0 Å². The molecule has 1 aliphatic heterocycles. The van der Waals surface area contributed by atoms with E-state index in [-0.39, 0.29) is 11.9 Å². The minimum absolute atomic E-state index is 0.210. The molecule has 0 aromatic carbocycles. The number of hydrogen-bond acceptors (Lipinski definition) is 2. The van der Waals surface area contributed by atoms with Gasteiger partial charge in [-0.25, -0.2) is 8.78 Å². The van der Waals surface area contributed by atoms with E-state index in [0.717, 1.165) is 0 Å². The molecule has 1 rings (SSSR count). The van der Waals surface area contributed by atoms with Crippen molar-refractivity contribution in [1.29, 1.82) is 0 Å². The molecule has 1 unspecified atom stereocenters. The van der Waals surface area contributed by atoms with Crippen molar-refractivity contribution >= 4 is 5.91 Å². The van der Waals surface area contributed by atoms with E-state index in [9.17, 15) is 13.6 Å². The molecule has 0 spiro atoms. The minimum atomic E-state index is -2.43. The first-order chi connectivity index (χ1) is 5.65. The van der Waals surface area contributed by atoms with Gasteiger partial charge in [-0.05, 0) is 13.5 Å². The lowest BCUT2D eigenvalue weighted by Crippen LogP contribution is -2.38. The van der Waals surface area contributed by atoms with E-state index in [2.05, 4.69) is 5.32 Å². The summed E-state index contributed by atoms with van der Waals surface area (Å²) in [7, 11) is 1.66. The Bertz CT molecular complexity index is 175. The molecule has 0 radical (unpaired) electrons. The molecule has 1 atom stereocenters. The van der Waals surface area contributed by atoms with E-state index in [1.807, 2.05) is 0 Å². The van der Waals surface area contributed by atoms with E-state index in [4.69, 9.17) is 0 Å². The fourth-order valence-corrected chi connectivity index (χ4v) is 1.35. The minimum Gasteiger partial charge on any atom is -0.336 e. The fraction of sp³-hybridized carbons (Fsp3) is 0.857. The molecule has 5 heteroatoms. The Balaban J connectivity index is 2.44. The number of nitrogens with one attached hydrogen (secondary N) is 1. The fourth-order valence-electron chi connectivity index (χ4n) is 1.35. The number of carbonyl (C=O) groups excluding carboxylic acids is 1. The summed E-state index contributed by atoms with van der Waals surface area (Å²) in [5, 5.41) is 2.78. The largest absolute Gasteiger partial charge is 0.336 e. The van der Waals surface area contributed by atoms with Gasteiger partial charge in [0.2, 0.25) is 5.91 Å². The predicted octanol–water partition coefficient (Wildman–Crippen LogP) is 0.0718. The smallest absolute Gasteiger partial charge is 0.255 e. The number of halogens is 2. The van der Waals surface area contributed by atoms with Crippen molar-refractivity contribution in [2.24, 2.45) is 0 Å². The second-order valence-corrected chi connectivity index (χ2v) is 2.81. The average molecular weight is 178 g/mol. The van der Waals surface area contributed by atoms with Crippen LogP contribution in [0.1, 0.15) is 6.42 Å². The van der Waals surface area contributed by atoms with Crippen LogP contribution in [0.15, 0.2) is 0 Å². The molecule has 1 N–H and O–H groups in total. The van der Waals surface area contributed by atoms with E-state index in [1.54, 1.807) is 7.05 Å². The van der Waals surface area contributed by atoms with Crippen LogP contribution in [-0.2, 0) is 4.79 Å². The normalized spacial score (nSPS) is 24.2. The van der Waals surface area contributed by atoms with Crippen molar-refractivity contribution in [3.8, 4) is 0 Å². The monoisotopic (exact) mass is 178 g/mol. The van der Waals surface area contributed by atoms with Crippen LogP contribution in [0.5, 0.6) is 0 Å². The van der Waals surface area contributed by atoms with Gasteiger partial charge in [0.25, 0.3) is 6.43 Å². The van der Waals surface area contributed by atoms with Gasteiger partial charge in [0.05, 0.1) is 12.6 Å². The highest BCUT2D eigenvalue weighted by molar-refractivity contribution is 5.83. The first-order valence-electron chi connectivity index (χ1n) is 3.89. The standard InChI is InChI=1S/C7H12F2N2O/c1-10-5-2-3-11(7(5)12)4-6(8)9/h5-6,10H,2-4H2,1H3. The van der Waals surface area contributed by atoms with Crippen molar-refractivity contribution < 1.29 is 13.6 Å². The second-order valence-electron chi connectivity index (χ2n) is 2.81. The summed E-state index contributed by atoms with van der Waals surface area (Å²) in [6.45, 7) is 0.00565. The van der Waals surface area contributed by atoms with Crippen molar-refractivity contribution in [3.05, 3.63) is 0 Å². The molecule has 3 nitrogen and oxygen atoms in total. The van der Waals surface area contributed by atoms with Crippen LogP contribution >= 0.6 is 0 Å². The van der Waals surface area contributed by atoms with Crippen molar-refractivity contribution in [3.63, 3.8) is 0 Å². The molecule has 1 saturated heterocycles. The molecule has 0 bridgehead atoms. The van der Waals surface area contributed by atoms with Crippen molar-refractivity contribution in [2.45, 2.75) is 18.9 Å². The number of nitrogens with zero attached hydrogens (tertiary/aromatic N) is 1.